The lowest BCUT2D eigenvalue weighted by atomic mass is 10.3. The number of hydrogen-bond donors (Lipinski definition) is 3. The number of nitrogens with zero attached hydrogens (tertiary/aromatic N) is 4. The number of aromatic carboxylic acids is 1. The monoisotopic (exact) mass is 372 g/mol. The van der Waals surface area contributed by atoms with E-state index in [0.717, 1.165) is 6.20 Å². The molecule has 0 aliphatic rings. The average Bonchev–Trinajstić information content (AvgIpc) is 3.34. The Bertz CT molecular complexity index is 972. The Hall–Kier alpha value is -3.89. The van der Waals surface area contributed by atoms with Crippen molar-refractivity contribution in [2.24, 2.45) is 7.05 Å². The fraction of sp³-hybridized carbons (Fsp3) is 0.188. The molecule has 11 nitrogen and oxygen atoms in total. The van der Waals surface area contributed by atoms with Gasteiger partial charge in [-0.2, -0.15) is 10.2 Å². The highest BCUT2D eigenvalue weighted by molar-refractivity contribution is 6.02. The van der Waals surface area contributed by atoms with E-state index in [4.69, 9.17) is 9.52 Å². The van der Waals surface area contributed by atoms with E-state index in [-0.39, 0.29) is 30.0 Å². The van der Waals surface area contributed by atoms with Crippen LogP contribution in [0.2, 0.25) is 0 Å². The molecule has 2 amide bonds. The number of rotatable bonds is 7. The Kier molecular flexibility index (Phi) is 5.01. The van der Waals surface area contributed by atoms with Gasteiger partial charge in [0.05, 0.1) is 36.5 Å². The zero-order valence-electron chi connectivity index (χ0n) is 14.2. The topological polar surface area (TPSA) is 144 Å². The van der Waals surface area contributed by atoms with Gasteiger partial charge in [0.1, 0.15) is 18.0 Å². The van der Waals surface area contributed by atoms with Gasteiger partial charge in [-0.25, -0.2) is 4.79 Å². The van der Waals surface area contributed by atoms with Gasteiger partial charge in [-0.1, -0.05) is 0 Å². The van der Waals surface area contributed by atoms with Crippen LogP contribution in [0.5, 0.6) is 0 Å². The summed E-state index contributed by atoms with van der Waals surface area (Å²) in [5, 5.41) is 21.9. The summed E-state index contributed by atoms with van der Waals surface area (Å²) in [5.74, 6) is -1.47. The predicted octanol–water partition coefficient (Wildman–Crippen LogP) is 0.476. The largest absolute Gasteiger partial charge is 0.478 e. The van der Waals surface area contributed by atoms with Gasteiger partial charge < -0.3 is 20.2 Å². The van der Waals surface area contributed by atoms with Crippen molar-refractivity contribution in [3.63, 3.8) is 0 Å². The first kappa shape index (κ1) is 17.9. The lowest BCUT2D eigenvalue weighted by Gasteiger charge is -2.08. The van der Waals surface area contributed by atoms with E-state index in [0.29, 0.717) is 5.76 Å². The molecule has 0 saturated carbocycles. The number of amides is 2. The van der Waals surface area contributed by atoms with Crippen LogP contribution in [-0.4, -0.2) is 42.5 Å². The number of aryl methyl sites for hydroxylation is 1. The lowest BCUT2D eigenvalue weighted by Crippen LogP contribution is -2.27. The van der Waals surface area contributed by atoms with Crippen molar-refractivity contribution >= 4 is 23.5 Å². The second-order valence-electron chi connectivity index (χ2n) is 5.57. The first-order chi connectivity index (χ1) is 12.9. The minimum Gasteiger partial charge on any atom is -0.478 e. The number of carboxylic acid groups (broad SMARTS) is 1. The van der Waals surface area contributed by atoms with Gasteiger partial charge in [0.25, 0.3) is 5.91 Å². The maximum absolute atomic E-state index is 12.4. The number of anilines is 1. The van der Waals surface area contributed by atoms with Gasteiger partial charge in [0, 0.05) is 13.2 Å². The predicted molar refractivity (Wildman–Crippen MR) is 90.9 cm³/mol. The summed E-state index contributed by atoms with van der Waals surface area (Å²) in [6.45, 7) is -0.0225. The number of carboxylic acids is 1. The van der Waals surface area contributed by atoms with Gasteiger partial charge in [-0.15, -0.1) is 0 Å². The zero-order chi connectivity index (χ0) is 19.4. The zero-order valence-corrected chi connectivity index (χ0v) is 14.2. The molecule has 0 spiro atoms. The van der Waals surface area contributed by atoms with E-state index < -0.39 is 17.8 Å². The van der Waals surface area contributed by atoms with Crippen LogP contribution in [0.4, 0.5) is 5.69 Å². The third kappa shape index (κ3) is 4.21. The summed E-state index contributed by atoms with van der Waals surface area (Å²) >= 11 is 0. The Balaban J connectivity index is 1.65. The minimum absolute atomic E-state index is 0.0258. The van der Waals surface area contributed by atoms with Crippen LogP contribution in [0.1, 0.15) is 26.6 Å². The van der Waals surface area contributed by atoms with E-state index in [1.54, 1.807) is 19.2 Å². The molecule has 11 heteroatoms. The Labute approximate surface area is 152 Å². The smallest absolute Gasteiger partial charge is 0.338 e. The molecule has 0 unspecified atom stereocenters. The Morgan fingerprint density at radius 1 is 1.26 bits per heavy atom. The Morgan fingerprint density at radius 3 is 2.74 bits per heavy atom. The van der Waals surface area contributed by atoms with E-state index in [1.165, 1.54) is 28.0 Å². The Morgan fingerprint density at radius 2 is 2.07 bits per heavy atom. The van der Waals surface area contributed by atoms with Crippen LogP contribution in [0.15, 0.2) is 41.4 Å². The van der Waals surface area contributed by atoms with Crippen molar-refractivity contribution in [1.82, 2.24) is 24.9 Å². The molecule has 0 saturated heterocycles. The highest BCUT2D eigenvalue weighted by Crippen LogP contribution is 2.14. The molecule has 0 fully saturated rings. The molecule has 140 valence electrons. The molecule has 3 rings (SSSR count). The lowest BCUT2D eigenvalue weighted by molar-refractivity contribution is -0.116. The number of carbonyl (C=O) groups excluding carboxylic acids is 2. The van der Waals surface area contributed by atoms with Crippen molar-refractivity contribution < 1.29 is 23.9 Å². The van der Waals surface area contributed by atoms with Gasteiger partial charge in [0.15, 0.2) is 0 Å². The first-order valence-electron chi connectivity index (χ1n) is 7.82. The SMILES string of the molecule is Cn1ncc(NC(=O)Cn2cc(C(=O)O)cn2)c1C(=O)NCc1ccco1. The van der Waals surface area contributed by atoms with Crippen LogP contribution in [-0.2, 0) is 24.9 Å². The van der Waals surface area contributed by atoms with Crippen LogP contribution in [0.25, 0.3) is 0 Å². The number of aromatic nitrogens is 4. The third-order valence-corrected chi connectivity index (χ3v) is 3.62. The maximum Gasteiger partial charge on any atom is 0.338 e. The van der Waals surface area contributed by atoms with E-state index >= 15 is 0 Å². The molecule has 3 N–H and O–H groups in total. The molecule has 0 atom stereocenters. The molecule has 3 heterocycles. The van der Waals surface area contributed by atoms with Crippen LogP contribution < -0.4 is 10.6 Å². The van der Waals surface area contributed by atoms with Crippen molar-refractivity contribution in [2.75, 3.05) is 5.32 Å². The minimum atomic E-state index is -1.13. The molecule has 0 aliphatic carbocycles. The second-order valence-corrected chi connectivity index (χ2v) is 5.57. The quantitative estimate of drug-likeness (QED) is 0.547. The summed E-state index contributed by atoms with van der Waals surface area (Å²) < 4.78 is 7.68. The number of hydrogen-bond acceptors (Lipinski definition) is 6. The number of carbonyl (C=O) groups is 3. The normalized spacial score (nSPS) is 10.6. The van der Waals surface area contributed by atoms with Gasteiger partial charge in [0.2, 0.25) is 5.91 Å². The fourth-order valence-corrected chi connectivity index (χ4v) is 2.36. The fourth-order valence-electron chi connectivity index (χ4n) is 2.36. The van der Waals surface area contributed by atoms with Crippen molar-refractivity contribution in [2.45, 2.75) is 13.1 Å². The number of nitrogens with one attached hydrogen (secondary N) is 2. The maximum atomic E-state index is 12.4. The third-order valence-electron chi connectivity index (χ3n) is 3.62. The van der Waals surface area contributed by atoms with E-state index in [9.17, 15) is 14.4 Å². The molecule has 0 bridgehead atoms. The molecule has 0 aromatic carbocycles. The molecular formula is C16H16N6O5. The summed E-state index contributed by atoms with van der Waals surface area (Å²) in [6, 6.07) is 3.43. The van der Waals surface area contributed by atoms with Crippen LogP contribution >= 0.6 is 0 Å². The first-order valence-corrected chi connectivity index (χ1v) is 7.82. The summed E-state index contributed by atoms with van der Waals surface area (Å²) in [5.41, 5.74) is 0.369. The van der Waals surface area contributed by atoms with Crippen molar-refractivity contribution in [3.05, 3.63) is 54.0 Å². The average molecular weight is 372 g/mol. The number of furan rings is 1. The molecule has 0 aliphatic heterocycles. The van der Waals surface area contributed by atoms with Gasteiger partial charge in [-0.3, -0.25) is 19.0 Å². The van der Waals surface area contributed by atoms with Crippen LogP contribution in [0.3, 0.4) is 0 Å². The van der Waals surface area contributed by atoms with Gasteiger partial charge in [-0.05, 0) is 12.1 Å². The molecular weight excluding hydrogens is 356 g/mol. The van der Waals surface area contributed by atoms with Crippen molar-refractivity contribution in [1.29, 1.82) is 0 Å². The van der Waals surface area contributed by atoms with E-state index in [1.807, 2.05) is 0 Å². The summed E-state index contributed by atoms with van der Waals surface area (Å²) in [6.07, 6.45) is 5.24. The molecule has 3 aromatic rings. The standard InChI is InChI=1S/C16H16N6O5/c1-21-14(15(24)17-6-11-3-2-4-27-11)12(7-18-21)20-13(23)9-22-8-10(5-19-22)16(25)26/h2-5,7-8H,6,9H2,1H3,(H,17,24)(H,20,23)(H,25,26). The molecule has 3 aromatic heterocycles. The van der Waals surface area contributed by atoms with Gasteiger partial charge >= 0.3 is 5.97 Å². The highest BCUT2D eigenvalue weighted by Gasteiger charge is 2.19. The molecule has 0 radical (unpaired) electrons. The summed E-state index contributed by atoms with van der Waals surface area (Å²) in [4.78, 5) is 35.4. The highest BCUT2D eigenvalue weighted by atomic mass is 16.4. The van der Waals surface area contributed by atoms with Crippen LogP contribution in [0, 0.1) is 0 Å². The summed E-state index contributed by atoms with van der Waals surface area (Å²) in [7, 11) is 1.57. The van der Waals surface area contributed by atoms with E-state index in [2.05, 4.69) is 20.8 Å². The molecule has 27 heavy (non-hydrogen) atoms. The second kappa shape index (κ2) is 7.56. The van der Waals surface area contributed by atoms with Crippen molar-refractivity contribution in [3.8, 4) is 0 Å².